The second-order valence-electron chi connectivity index (χ2n) is 8.53. The Bertz CT molecular complexity index is 629. The molecule has 3 saturated carbocycles. The molecule has 0 spiro atoms. The monoisotopic (exact) mass is 328 g/mol. The molecule has 3 nitrogen and oxygen atoms in total. The van der Waals surface area contributed by atoms with Gasteiger partial charge in [0.25, 0.3) is 0 Å². The van der Waals surface area contributed by atoms with Crippen LogP contribution >= 0.6 is 0 Å². The van der Waals surface area contributed by atoms with Gasteiger partial charge in [-0.3, -0.25) is 4.79 Å². The summed E-state index contributed by atoms with van der Waals surface area (Å²) < 4.78 is 0. The van der Waals surface area contributed by atoms with E-state index in [2.05, 4.69) is 12.8 Å². The fourth-order valence-corrected chi connectivity index (χ4v) is 6.96. The van der Waals surface area contributed by atoms with E-state index in [0.29, 0.717) is 36.5 Å². The molecule has 7 atom stereocenters. The molecule has 0 aromatic heterocycles. The Morgan fingerprint density at radius 2 is 2.08 bits per heavy atom. The van der Waals surface area contributed by atoms with E-state index in [9.17, 15) is 15.0 Å². The summed E-state index contributed by atoms with van der Waals surface area (Å²) in [5, 5.41) is 21.8. The molecule has 3 fully saturated rings. The van der Waals surface area contributed by atoms with Gasteiger partial charge in [0.2, 0.25) is 0 Å². The molecule has 0 aromatic rings. The molecule has 2 N–H and O–H groups in total. The molecular formula is C21H28O3. The van der Waals surface area contributed by atoms with Crippen molar-refractivity contribution in [1.82, 2.24) is 0 Å². The lowest BCUT2D eigenvalue weighted by molar-refractivity contribution is -0.119. The molecule has 0 saturated heterocycles. The fraction of sp³-hybridized carbons (Fsp3) is 0.762. The third kappa shape index (κ3) is 1.96. The van der Waals surface area contributed by atoms with Crippen molar-refractivity contribution in [1.29, 1.82) is 0 Å². The van der Waals surface area contributed by atoms with Crippen LogP contribution in [0.4, 0.5) is 0 Å². The van der Waals surface area contributed by atoms with Crippen molar-refractivity contribution in [3.63, 3.8) is 0 Å². The van der Waals surface area contributed by atoms with E-state index in [1.165, 1.54) is 0 Å². The molecule has 5 unspecified atom stereocenters. The van der Waals surface area contributed by atoms with Gasteiger partial charge in [-0.15, -0.1) is 6.42 Å². The van der Waals surface area contributed by atoms with Crippen molar-refractivity contribution in [2.24, 2.45) is 29.1 Å². The van der Waals surface area contributed by atoms with Crippen LogP contribution in [0.15, 0.2) is 11.6 Å². The molecule has 0 bridgehead atoms. The van der Waals surface area contributed by atoms with Gasteiger partial charge in [-0.05, 0) is 80.3 Å². The quantitative estimate of drug-likeness (QED) is 0.728. The smallest absolute Gasteiger partial charge is 0.155 e. The Morgan fingerprint density at radius 3 is 2.79 bits per heavy atom. The number of aliphatic hydroxyl groups is 2. The van der Waals surface area contributed by atoms with Gasteiger partial charge < -0.3 is 10.2 Å². The standard InChI is InChI=1S/C21H28O3/c1-3-20-9-7-15-14-6-5-13(22)11-17(14)19(23)12-16(15)18(20)8-10-21(20,24)4-2/h2,11,14-16,18-19,23-24H,3,5-10,12H2,1H3/t14?,15?,16?,18?,19?,20-,21-/m0/s1. The number of carbonyl (C=O) groups is 1. The van der Waals surface area contributed by atoms with Crippen molar-refractivity contribution in [3.05, 3.63) is 11.6 Å². The van der Waals surface area contributed by atoms with Crippen LogP contribution < -0.4 is 0 Å². The van der Waals surface area contributed by atoms with Gasteiger partial charge >= 0.3 is 0 Å². The minimum atomic E-state index is -0.985. The van der Waals surface area contributed by atoms with Gasteiger partial charge in [0.1, 0.15) is 5.60 Å². The van der Waals surface area contributed by atoms with Crippen molar-refractivity contribution in [2.45, 2.75) is 70.0 Å². The second kappa shape index (κ2) is 5.44. The van der Waals surface area contributed by atoms with Gasteiger partial charge in [0.15, 0.2) is 5.78 Å². The first kappa shape index (κ1) is 16.4. The summed E-state index contributed by atoms with van der Waals surface area (Å²) in [6.07, 6.45) is 13.8. The summed E-state index contributed by atoms with van der Waals surface area (Å²) >= 11 is 0. The fourth-order valence-electron chi connectivity index (χ4n) is 6.96. The summed E-state index contributed by atoms with van der Waals surface area (Å²) in [6, 6.07) is 0. The maximum Gasteiger partial charge on any atom is 0.155 e. The summed E-state index contributed by atoms with van der Waals surface area (Å²) in [6.45, 7) is 2.16. The molecule has 3 heteroatoms. The summed E-state index contributed by atoms with van der Waals surface area (Å²) in [7, 11) is 0. The Kier molecular flexibility index (Phi) is 3.71. The van der Waals surface area contributed by atoms with Gasteiger partial charge in [0, 0.05) is 11.8 Å². The summed E-state index contributed by atoms with van der Waals surface area (Å²) in [5.41, 5.74) is -0.184. The maximum absolute atomic E-state index is 11.8. The third-order valence-electron chi connectivity index (χ3n) is 8.07. The van der Waals surface area contributed by atoms with E-state index >= 15 is 0 Å². The molecule has 0 aliphatic heterocycles. The van der Waals surface area contributed by atoms with Crippen LogP contribution in [0.5, 0.6) is 0 Å². The lowest BCUT2D eigenvalue weighted by Crippen LogP contribution is -2.55. The summed E-state index contributed by atoms with van der Waals surface area (Å²) in [4.78, 5) is 11.8. The number of rotatable bonds is 1. The maximum atomic E-state index is 11.8. The highest BCUT2D eigenvalue weighted by Gasteiger charge is 2.64. The molecule has 24 heavy (non-hydrogen) atoms. The highest BCUT2D eigenvalue weighted by atomic mass is 16.3. The van der Waals surface area contributed by atoms with Crippen molar-refractivity contribution >= 4 is 5.78 Å². The van der Waals surface area contributed by atoms with E-state index < -0.39 is 11.7 Å². The lowest BCUT2D eigenvalue weighted by atomic mass is 9.49. The minimum absolute atomic E-state index is 0.167. The van der Waals surface area contributed by atoms with E-state index in [1.807, 2.05) is 0 Å². The predicted molar refractivity (Wildman–Crippen MR) is 91.9 cm³/mol. The normalized spacial score (nSPS) is 50.3. The SMILES string of the molecule is C#C[C@]1(O)CCC2C3CC(O)C4=CC(=O)CCC4C3CC[C@@]21CC. The van der Waals surface area contributed by atoms with E-state index in [1.54, 1.807) is 6.08 Å². The van der Waals surface area contributed by atoms with Crippen molar-refractivity contribution in [2.75, 3.05) is 0 Å². The number of fused-ring (bicyclic) bond motifs is 5. The van der Waals surface area contributed by atoms with Crippen LogP contribution in [0.1, 0.15) is 58.3 Å². The molecule has 0 radical (unpaired) electrons. The summed E-state index contributed by atoms with van der Waals surface area (Å²) in [5.74, 6) is 4.62. The van der Waals surface area contributed by atoms with Gasteiger partial charge in [-0.25, -0.2) is 0 Å². The molecule has 4 aliphatic rings. The van der Waals surface area contributed by atoms with Gasteiger partial charge in [-0.2, -0.15) is 0 Å². The molecule has 4 rings (SSSR count). The average Bonchev–Trinajstić information content (AvgIpc) is 2.89. The van der Waals surface area contributed by atoms with Crippen LogP contribution in [0.25, 0.3) is 0 Å². The topological polar surface area (TPSA) is 57.5 Å². The lowest BCUT2D eigenvalue weighted by Gasteiger charge is -2.56. The number of carbonyl (C=O) groups excluding carboxylic acids is 1. The van der Waals surface area contributed by atoms with Crippen LogP contribution in [0.2, 0.25) is 0 Å². The van der Waals surface area contributed by atoms with E-state index in [4.69, 9.17) is 6.42 Å². The van der Waals surface area contributed by atoms with Gasteiger partial charge in [0.05, 0.1) is 6.10 Å². The second-order valence-corrected chi connectivity index (χ2v) is 8.53. The van der Waals surface area contributed by atoms with Crippen LogP contribution in [-0.2, 0) is 4.79 Å². The first-order valence-corrected chi connectivity index (χ1v) is 9.58. The highest BCUT2D eigenvalue weighted by Crippen LogP contribution is 2.66. The number of hydrogen-bond donors (Lipinski definition) is 2. The van der Waals surface area contributed by atoms with Crippen LogP contribution in [0, 0.1) is 41.4 Å². The van der Waals surface area contributed by atoms with Crippen molar-refractivity contribution < 1.29 is 15.0 Å². The minimum Gasteiger partial charge on any atom is -0.389 e. The number of terminal acetylenes is 1. The third-order valence-corrected chi connectivity index (χ3v) is 8.07. The molecule has 4 aliphatic carbocycles. The van der Waals surface area contributed by atoms with Crippen LogP contribution in [0.3, 0.4) is 0 Å². The Balaban J connectivity index is 1.71. The zero-order valence-corrected chi connectivity index (χ0v) is 14.5. The number of ketones is 1. The first-order chi connectivity index (χ1) is 11.5. The molecule has 0 amide bonds. The van der Waals surface area contributed by atoms with Gasteiger partial charge in [-0.1, -0.05) is 12.8 Å². The molecule has 0 heterocycles. The molecule has 0 aromatic carbocycles. The first-order valence-electron chi connectivity index (χ1n) is 9.58. The Hall–Kier alpha value is -1.11. The Morgan fingerprint density at radius 1 is 1.29 bits per heavy atom. The van der Waals surface area contributed by atoms with Crippen molar-refractivity contribution in [3.8, 4) is 12.3 Å². The van der Waals surface area contributed by atoms with Crippen LogP contribution in [-0.4, -0.2) is 27.7 Å². The highest BCUT2D eigenvalue weighted by molar-refractivity contribution is 5.91. The zero-order valence-electron chi connectivity index (χ0n) is 14.5. The number of hydrogen-bond acceptors (Lipinski definition) is 3. The number of aliphatic hydroxyl groups excluding tert-OH is 1. The Labute approximate surface area is 144 Å². The largest absolute Gasteiger partial charge is 0.389 e. The average molecular weight is 328 g/mol. The molecular weight excluding hydrogens is 300 g/mol. The molecule has 130 valence electrons. The van der Waals surface area contributed by atoms with E-state index in [0.717, 1.165) is 44.1 Å². The van der Waals surface area contributed by atoms with E-state index in [-0.39, 0.29) is 11.2 Å². The zero-order chi connectivity index (χ0) is 17.1. The predicted octanol–water partition coefficient (Wildman–Crippen LogP) is 2.85.